The molecule has 0 atom stereocenters. The highest BCUT2D eigenvalue weighted by Crippen LogP contribution is 2.11. The van der Waals surface area contributed by atoms with Crippen LogP contribution >= 0.6 is 11.6 Å². The lowest BCUT2D eigenvalue weighted by Crippen LogP contribution is -2.02. The second kappa shape index (κ2) is 5.50. The van der Waals surface area contributed by atoms with Crippen molar-refractivity contribution >= 4 is 17.3 Å². The Bertz CT molecular complexity index is 308. The molecule has 0 aliphatic heterocycles. The van der Waals surface area contributed by atoms with E-state index >= 15 is 0 Å². The molecule has 76 valence electrons. The average Bonchev–Trinajstić information content (AvgIpc) is 2.26. The van der Waals surface area contributed by atoms with E-state index in [1.807, 2.05) is 19.1 Å². The quantitative estimate of drug-likeness (QED) is 0.833. The Kier molecular flexibility index (Phi) is 4.26. The fourth-order valence-corrected chi connectivity index (χ4v) is 0.963. The van der Waals surface area contributed by atoms with Gasteiger partial charge in [0.15, 0.2) is 0 Å². The second-order valence-electron chi connectivity index (χ2n) is 2.90. The maximum absolute atomic E-state index is 5.53. The van der Waals surface area contributed by atoms with E-state index in [4.69, 9.17) is 16.3 Å². The summed E-state index contributed by atoms with van der Waals surface area (Å²) in [6, 6.07) is 3.72. The van der Waals surface area contributed by atoms with Gasteiger partial charge in [0.2, 0.25) is 5.88 Å². The van der Waals surface area contributed by atoms with E-state index in [1.54, 1.807) is 18.8 Å². The van der Waals surface area contributed by atoms with Crippen LogP contribution in [0.15, 0.2) is 29.4 Å². The number of hydrogen-bond donors (Lipinski definition) is 1. The number of anilines is 1. The van der Waals surface area contributed by atoms with Crippen molar-refractivity contribution < 1.29 is 4.74 Å². The molecule has 0 unspecified atom stereocenters. The maximum Gasteiger partial charge on any atom is 0.213 e. The van der Waals surface area contributed by atoms with E-state index in [-0.39, 0.29) is 0 Å². The average molecular weight is 213 g/mol. The van der Waals surface area contributed by atoms with E-state index < -0.39 is 0 Å². The summed E-state index contributed by atoms with van der Waals surface area (Å²) in [6.07, 6.45) is 1.72. The summed E-state index contributed by atoms with van der Waals surface area (Å²) in [4.78, 5) is 4.06. The van der Waals surface area contributed by atoms with Crippen molar-refractivity contribution in [1.29, 1.82) is 0 Å². The summed E-state index contributed by atoms with van der Waals surface area (Å²) >= 11 is 5.53. The fourth-order valence-electron chi connectivity index (χ4n) is 0.886. The minimum atomic E-state index is 0.611. The number of halogens is 1. The summed E-state index contributed by atoms with van der Waals surface area (Å²) in [5.41, 5.74) is 3.58. The predicted molar refractivity (Wildman–Crippen MR) is 58.9 cm³/mol. The van der Waals surface area contributed by atoms with Crippen LogP contribution in [0.25, 0.3) is 0 Å². The molecule has 0 saturated carbocycles. The molecule has 1 rings (SSSR count). The van der Waals surface area contributed by atoms with E-state index in [2.05, 4.69) is 10.3 Å². The Morgan fingerprint density at radius 3 is 2.93 bits per heavy atom. The third kappa shape index (κ3) is 3.26. The summed E-state index contributed by atoms with van der Waals surface area (Å²) < 4.78 is 4.94. The van der Waals surface area contributed by atoms with E-state index in [0.29, 0.717) is 5.88 Å². The lowest BCUT2D eigenvalue weighted by atomic mass is 10.3. The van der Waals surface area contributed by atoms with Gasteiger partial charge in [-0.2, -0.15) is 0 Å². The predicted octanol–water partition coefficient (Wildman–Crippen LogP) is 2.64. The van der Waals surface area contributed by atoms with Crippen LogP contribution in [0.1, 0.15) is 6.92 Å². The van der Waals surface area contributed by atoms with Crippen molar-refractivity contribution in [3.05, 3.63) is 29.4 Å². The molecule has 1 aromatic heterocycles. The standard InChI is InChI=1S/C10H13ClN2O/c1-8(5-11)6-12-9-3-4-10(14-2)13-7-9/h3-5,7,12H,6H2,1-2H3/b8-5+. The van der Waals surface area contributed by atoms with Gasteiger partial charge in [-0.05, 0) is 18.6 Å². The van der Waals surface area contributed by atoms with Gasteiger partial charge in [0.1, 0.15) is 0 Å². The topological polar surface area (TPSA) is 34.1 Å². The Hall–Kier alpha value is -1.22. The van der Waals surface area contributed by atoms with E-state index in [1.165, 1.54) is 0 Å². The largest absolute Gasteiger partial charge is 0.481 e. The monoisotopic (exact) mass is 212 g/mol. The summed E-state index contributed by atoms with van der Waals surface area (Å²) in [5, 5.41) is 3.18. The molecule has 0 aromatic carbocycles. The van der Waals surface area contributed by atoms with E-state index in [9.17, 15) is 0 Å². The zero-order valence-corrected chi connectivity index (χ0v) is 9.01. The summed E-state index contributed by atoms with van der Waals surface area (Å²) in [6.45, 7) is 2.68. The Labute approximate surface area is 88.8 Å². The number of aromatic nitrogens is 1. The van der Waals surface area contributed by atoms with Gasteiger partial charge in [-0.15, -0.1) is 0 Å². The van der Waals surface area contributed by atoms with Crippen LogP contribution in [0.3, 0.4) is 0 Å². The van der Waals surface area contributed by atoms with Crippen LogP contribution in [0.2, 0.25) is 0 Å². The molecule has 1 aromatic rings. The molecular formula is C10H13ClN2O. The second-order valence-corrected chi connectivity index (χ2v) is 3.12. The molecule has 1 heterocycles. The first kappa shape index (κ1) is 10.9. The van der Waals surface area contributed by atoms with Crippen LogP contribution in [0, 0.1) is 0 Å². The van der Waals surface area contributed by atoms with Crippen LogP contribution in [-0.2, 0) is 0 Å². The minimum Gasteiger partial charge on any atom is -0.481 e. The Morgan fingerprint density at radius 1 is 1.64 bits per heavy atom. The van der Waals surface area contributed by atoms with Crippen molar-refractivity contribution in [1.82, 2.24) is 4.98 Å². The smallest absolute Gasteiger partial charge is 0.213 e. The molecule has 1 N–H and O–H groups in total. The molecular weight excluding hydrogens is 200 g/mol. The number of pyridine rings is 1. The lowest BCUT2D eigenvalue weighted by Gasteiger charge is -2.05. The van der Waals surface area contributed by atoms with Gasteiger partial charge >= 0.3 is 0 Å². The van der Waals surface area contributed by atoms with Gasteiger partial charge in [0.05, 0.1) is 19.0 Å². The van der Waals surface area contributed by atoms with Crippen molar-refractivity contribution in [3.8, 4) is 5.88 Å². The summed E-state index contributed by atoms with van der Waals surface area (Å²) in [7, 11) is 1.59. The SMILES string of the molecule is COc1ccc(NC/C(C)=C/Cl)cn1. The molecule has 0 saturated heterocycles. The number of ether oxygens (including phenoxy) is 1. The van der Waals surface area contributed by atoms with Gasteiger partial charge in [-0.1, -0.05) is 11.6 Å². The van der Waals surface area contributed by atoms with Gasteiger partial charge in [-0.25, -0.2) is 4.98 Å². The lowest BCUT2D eigenvalue weighted by molar-refractivity contribution is 0.398. The highest BCUT2D eigenvalue weighted by molar-refractivity contribution is 6.25. The zero-order valence-electron chi connectivity index (χ0n) is 8.25. The molecule has 0 radical (unpaired) electrons. The van der Waals surface area contributed by atoms with Crippen LogP contribution in [0.5, 0.6) is 5.88 Å². The molecule has 0 amide bonds. The Balaban J connectivity index is 2.52. The van der Waals surface area contributed by atoms with E-state index in [0.717, 1.165) is 17.8 Å². The molecule has 14 heavy (non-hydrogen) atoms. The maximum atomic E-state index is 5.53. The van der Waals surface area contributed by atoms with Gasteiger partial charge in [-0.3, -0.25) is 0 Å². The van der Waals surface area contributed by atoms with Crippen molar-refractivity contribution in [2.45, 2.75) is 6.92 Å². The third-order valence-electron chi connectivity index (χ3n) is 1.70. The molecule has 0 aliphatic carbocycles. The molecule has 0 spiro atoms. The number of nitrogens with zero attached hydrogens (tertiary/aromatic N) is 1. The summed E-state index contributed by atoms with van der Waals surface area (Å²) in [5.74, 6) is 0.611. The van der Waals surface area contributed by atoms with Gasteiger partial charge < -0.3 is 10.1 Å². The number of hydrogen-bond acceptors (Lipinski definition) is 3. The number of methoxy groups -OCH3 is 1. The normalized spacial score (nSPS) is 11.2. The number of rotatable bonds is 4. The molecule has 3 nitrogen and oxygen atoms in total. The minimum absolute atomic E-state index is 0.611. The van der Waals surface area contributed by atoms with Crippen LogP contribution in [-0.4, -0.2) is 18.6 Å². The first-order valence-corrected chi connectivity index (χ1v) is 4.69. The molecule has 0 aliphatic rings. The molecule has 0 bridgehead atoms. The fraction of sp³-hybridized carbons (Fsp3) is 0.300. The zero-order chi connectivity index (χ0) is 10.4. The van der Waals surface area contributed by atoms with Gasteiger partial charge in [0.25, 0.3) is 0 Å². The molecule has 4 heteroatoms. The first-order valence-electron chi connectivity index (χ1n) is 4.26. The third-order valence-corrected chi connectivity index (χ3v) is 2.08. The van der Waals surface area contributed by atoms with Crippen molar-refractivity contribution in [2.24, 2.45) is 0 Å². The highest BCUT2D eigenvalue weighted by Gasteiger charge is 1.94. The van der Waals surface area contributed by atoms with Gasteiger partial charge in [0, 0.05) is 18.1 Å². The Morgan fingerprint density at radius 2 is 2.43 bits per heavy atom. The molecule has 0 fully saturated rings. The van der Waals surface area contributed by atoms with Crippen molar-refractivity contribution in [2.75, 3.05) is 19.0 Å². The van der Waals surface area contributed by atoms with Crippen molar-refractivity contribution in [3.63, 3.8) is 0 Å². The van der Waals surface area contributed by atoms with Crippen LogP contribution in [0.4, 0.5) is 5.69 Å². The number of nitrogens with one attached hydrogen (secondary N) is 1. The highest BCUT2D eigenvalue weighted by atomic mass is 35.5. The first-order chi connectivity index (χ1) is 6.76. The van der Waals surface area contributed by atoms with Crippen LogP contribution < -0.4 is 10.1 Å².